The number of rotatable bonds is 2. The molecule has 4 rings (SSSR count). The number of pyridine rings is 1. The second-order valence-electron chi connectivity index (χ2n) is 7.15. The summed E-state index contributed by atoms with van der Waals surface area (Å²) in [5.41, 5.74) is 1.51. The summed E-state index contributed by atoms with van der Waals surface area (Å²) in [5.74, 6) is -0.309. The van der Waals surface area contributed by atoms with E-state index < -0.39 is 11.5 Å². The first-order valence-corrected chi connectivity index (χ1v) is 10.0. The summed E-state index contributed by atoms with van der Waals surface area (Å²) in [7, 11) is 0. The second-order valence-corrected chi connectivity index (χ2v) is 8.69. The summed E-state index contributed by atoms with van der Waals surface area (Å²) in [6, 6.07) is 5.12. The summed E-state index contributed by atoms with van der Waals surface area (Å²) < 4.78 is 0. The van der Waals surface area contributed by atoms with Gasteiger partial charge in [0.25, 0.3) is 11.5 Å². The molecule has 0 spiro atoms. The van der Waals surface area contributed by atoms with Crippen LogP contribution in [0.4, 0.5) is 5.69 Å². The summed E-state index contributed by atoms with van der Waals surface area (Å²) in [4.78, 5) is 29.9. The SMILES string of the molecule is Cc1ccc(Cl)cc1NC(=O)c1c(O)c2c3c(sc2[nH]c1=O)C[C@H](C)CC3. The van der Waals surface area contributed by atoms with Crippen LogP contribution in [0.1, 0.15) is 39.7 Å². The molecule has 0 aliphatic heterocycles. The van der Waals surface area contributed by atoms with E-state index in [1.54, 1.807) is 18.2 Å². The lowest BCUT2D eigenvalue weighted by atomic mass is 9.89. The zero-order valence-electron chi connectivity index (χ0n) is 15.0. The third kappa shape index (κ3) is 3.13. The molecule has 0 radical (unpaired) electrons. The predicted octanol–water partition coefficient (Wildman–Crippen LogP) is 4.63. The zero-order chi connectivity index (χ0) is 19.3. The van der Waals surface area contributed by atoms with Crippen molar-refractivity contribution in [2.45, 2.75) is 33.1 Å². The number of nitrogens with one attached hydrogen (secondary N) is 2. The van der Waals surface area contributed by atoms with Crippen LogP contribution in [0.2, 0.25) is 5.02 Å². The largest absolute Gasteiger partial charge is 0.506 e. The number of fused-ring (bicyclic) bond motifs is 3. The molecular formula is C20H19ClN2O3S. The Morgan fingerprint density at radius 1 is 1.41 bits per heavy atom. The lowest BCUT2D eigenvalue weighted by Crippen LogP contribution is -2.23. The van der Waals surface area contributed by atoms with E-state index in [4.69, 9.17) is 11.6 Å². The first kappa shape index (κ1) is 18.1. The fourth-order valence-corrected chi connectivity index (χ4v) is 5.19. The monoisotopic (exact) mass is 402 g/mol. The number of anilines is 1. The van der Waals surface area contributed by atoms with Crippen LogP contribution in [0, 0.1) is 12.8 Å². The minimum absolute atomic E-state index is 0.238. The molecule has 1 aliphatic rings. The van der Waals surface area contributed by atoms with Gasteiger partial charge in [-0.3, -0.25) is 9.59 Å². The molecule has 0 unspecified atom stereocenters. The number of benzene rings is 1. The normalized spacial score (nSPS) is 16.3. The van der Waals surface area contributed by atoms with E-state index in [0.717, 1.165) is 30.4 Å². The Bertz CT molecular complexity index is 1130. The molecule has 1 amide bonds. The number of H-pyrrole nitrogens is 1. The number of aromatic amines is 1. The molecule has 0 saturated carbocycles. The fraction of sp³-hybridized carbons (Fsp3) is 0.300. The van der Waals surface area contributed by atoms with E-state index in [2.05, 4.69) is 17.2 Å². The van der Waals surface area contributed by atoms with E-state index in [1.807, 2.05) is 6.92 Å². The number of aromatic nitrogens is 1. The van der Waals surface area contributed by atoms with E-state index in [0.29, 0.717) is 26.8 Å². The molecule has 7 heteroatoms. The molecule has 0 bridgehead atoms. The molecule has 2 heterocycles. The van der Waals surface area contributed by atoms with Gasteiger partial charge in [0.15, 0.2) is 0 Å². The Kier molecular flexibility index (Phi) is 4.48. The molecular weight excluding hydrogens is 384 g/mol. The molecule has 140 valence electrons. The molecule has 3 aromatic rings. The lowest BCUT2D eigenvalue weighted by Gasteiger charge is -2.18. The molecule has 5 nitrogen and oxygen atoms in total. The molecule has 0 fully saturated rings. The van der Waals surface area contributed by atoms with Crippen LogP contribution in [0.3, 0.4) is 0 Å². The van der Waals surface area contributed by atoms with Gasteiger partial charge in [0.1, 0.15) is 16.1 Å². The van der Waals surface area contributed by atoms with Gasteiger partial charge >= 0.3 is 0 Å². The van der Waals surface area contributed by atoms with Crippen molar-refractivity contribution in [1.29, 1.82) is 0 Å². The Morgan fingerprint density at radius 3 is 2.96 bits per heavy atom. The Hall–Kier alpha value is -2.31. The Labute approximate surface area is 165 Å². The van der Waals surface area contributed by atoms with E-state index in [1.165, 1.54) is 16.2 Å². The third-order valence-corrected chi connectivity index (χ3v) is 6.52. The maximum Gasteiger partial charge on any atom is 0.265 e. The highest BCUT2D eigenvalue weighted by molar-refractivity contribution is 7.18. The summed E-state index contributed by atoms with van der Waals surface area (Å²) in [6.07, 6.45) is 2.80. The first-order valence-electron chi connectivity index (χ1n) is 8.82. The number of aromatic hydroxyl groups is 1. The van der Waals surface area contributed by atoms with Gasteiger partial charge in [-0.1, -0.05) is 24.6 Å². The van der Waals surface area contributed by atoms with Gasteiger partial charge < -0.3 is 15.4 Å². The lowest BCUT2D eigenvalue weighted by molar-refractivity contribution is 0.102. The van der Waals surface area contributed by atoms with Crippen LogP contribution in [0.15, 0.2) is 23.0 Å². The Balaban J connectivity index is 1.81. The second kappa shape index (κ2) is 6.69. The molecule has 0 saturated heterocycles. The van der Waals surface area contributed by atoms with Crippen LogP contribution in [-0.4, -0.2) is 16.0 Å². The van der Waals surface area contributed by atoms with Crippen molar-refractivity contribution in [3.05, 3.63) is 55.1 Å². The molecule has 2 aromatic heterocycles. The van der Waals surface area contributed by atoms with E-state index in [-0.39, 0.29) is 11.3 Å². The number of aryl methyl sites for hydroxylation is 2. The average Bonchev–Trinajstić information content (AvgIpc) is 2.95. The third-order valence-electron chi connectivity index (χ3n) is 5.11. The highest BCUT2D eigenvalue weighted by atomic mass is 35.5. The summed E-state index contributed by atoms with van der Waals surface area (Å²) in [6.45, 7) is 4.03. The van der Waals surface area contributed by atoms with Crippen LogP contribution < -0.4 is 10.9 Å². The van der Waals surface area contributed by atoms with E-state index in [9.17, 15) is 14.7 Å². The van der Waals surface area contributed by atoms with Crippen molar-refractivity contribution in [3.63, 3.8) is 0 Å². The number of thiophene rings is 1. The summed E-state index contributed by atoms with van der Waals surface area (Å²) >= 11 is 7.49. The van der Waals surface area contributed by atoms with Crippen molar-refractivity contribution in [3.8, 4) is 5.75 Å². The highest BCUT2D eigenvalue weighted by Crippen LogP contribution is 2.41. The molecule has 1 atom stereocenters. The minimum atomic E-state index is -0.648. The van der Waals surface area contributed by atoms with Gasteiger partial charge in [-0.2, -0.15) is 0 Å². The van der Waals surface area contributed by atoms with Crippen molar-refractivity contribution < 1.29 is 9.90 Å². The van der Waals surface area contributed by atoms with Crippen molar-refractivity contribution in [2.75, 3.05) is 5.32 Å². The number of carbonyl (C=O) groups excluding carboxylic acids is 1. The van der Waals surface area contributed by atoms with Crippen LogP contribution >= 0.6 is 22.9 Å². The van der Waals surface area contributed by atoms with Gasteiger partial charge in [-0.05, 0) is 55.4 Å². The number of carbonyl (C=O) groups is 1. The van der Waals surface area contributed by atoms with Gasteiger partial charge in [0.2, 0.25) is 0 Å². The van der Waals surface area contributed by atoms with E-state index >= 15 is 0 Å². The highest BCUT2D eigenvalue weighted by Gasteiger charge is 2.27. The quantitative estimate of drug-likeness (QED) is 0.584. The first-order chi connectivity index (χ1) is 12.8. The van der Waals surface area contributed by atoms with Crippen molar-refractivity contribution >= 4 is 44.7 Å². The molecule has 1 aromatic carbocycles. The van der Waals surface area contributed by atoms with Crippen LogP contribution in [0.5, 0.6) is 5.75 Å². The predicted molar refractivity (Wildman–Crippen MR) is 109 cm³/mol. The maximum absolute atomic E-state index is 12.8. The molecule has 27 heavy (non-hydrogen) atoms. The van der Waals surface area contributed by atoms with Crippen molar-refractivity contribution in [1.82, 2.24) is 4.98 Å². The minimum Gasteiger partial charge on any atom is -0.506 e. The topological polar surface area (TPSA) is 82.2 Å². The summed E-state index contributed by atoms with van der Waals surface area (Å²) in [5, 5.41) is 14.6. The molecule has 1 aliphatic carbocycles. The van der Waals surface area contributed by atoms with Gasteiger partial charge in [-0.25, -0.2) is 0 Å². The number of hydrogen-bond donors (Lipinski definition) is 3. The number of hydrogen-bond acceptors (Lipinski definition) is 4. The van der Waals surface area contributed by atoms with Gasteiger partial charge in [0, 0.05) is 15.6 Å². The maximum atomic E-state index is 12.8. The fourth-order valence-electron chi connectivity index (χ4n) is 3.61. The van der Waals surface area contributed by atoms with Gasteiger partial charge in [-0.15, -0.1) is 11.3 Å². The molecule has 3 N–H and O–H groups in total. The number of amides is 1. The Morgan fingerprint density at radius 2 is 2.19 bits per heavy atom. The van der Waals surface area contributed by atoms with Crippen LogP contribution in [-0.2, 0) is 12.8 Å². The number of halogens is 1. The van der Waals surface area contributed by atoms with Crippen LogP contribution in [0.25, 0.3) is 10.2 Å². The standard InChI is InChI=1S/C20H19ClN2O3S/c1-9-3-6-12-14(7-9)27-20-15(12)17(24)16(19(26)23-20)18(25)22-13-8-11(21)5-4-10(13)2/h4-5,8-9H,3,6-7H2,1-2H3,(H,22,25)(H2,23,24,26)/t9-/m1/s1. The van der Waals surface area contributed by atoms with Crippen molar-refractivity contribution in [2.24, 2.45) is 5.92 Å². The van der Waals surface area contributed by atoms with Gasteiger partial charge in [0.05, 0.1) is 5.39 Å². The zero-order valence-corrected chi connectivity index (χ0v) is 16.6. The average molecular weight is 403 g/mol. The smallest absolute Gasteiger partial charge is 0.265 e.